The van der Waals surface area contributed by atoms with E-state index in [1.807, 2.05) is 43.3 Å². The van der Waals surface area contributed by atoms with Crippen LogP contribution in [-0.2, 0) is 6.42 Å². The van der Waals surface area contributed by atoms with Crippen LogP contribution in [0.15, 0.2) is 52.1 Å². The number of guanidine groups is 1. The molecule has 0 amide bonds. The molecule has 3 N–H and O–H groups in total. The van der Waals surface area contributed by atoms with E-state index in [1.165, 1.54) is 0 Å². The molecule has 0 radical (unpaired) electrons. The maximum Gasteiger partial charge on any atom is 0.216 e. The van der Waals surface area contributed by atoms with Crippen molar-refractivity contribution < 1.29 is 13.9 Å². The molecule has 3 rings (SSSR count). The minimum atomic E-state index is -0.0502. The van der Waals surface area contributed by atoms with Crippen LogP contribution in [0.2, 0.25) is 0 Å². The Morgan fingerprint density at radius 2 is 2.07 bits per heavy atom. The summed E-state index contributed by atoms with van der Waals surface area (Å²) in [6.07, 6.45) is 2.22. The second kappa shape index (κ2) is 12.1. The molecule has 3 aromatic rings. The Kier molecular flexibility index (Phi) is 9.45. The summed E-state index contributed by atoms with van der Waals surface area (Å²) in [7, 11) is 3.36. The third-order valence-corrected chi connectivity index (χ3v) is 4.09. The van der Waals surface area contributed by atoms with Gasteiger partial charge >= 0.3 is 0 Å². The predicted molar refractivity (Wildman–Crippen MR) is 126 cm³/mol. The maximum atomic E-state index is 5.91. The van der Waals surface area contributed by atoms with Crippen molar-refractivity contribution in [3.05, 3.63) is 48.5 Å². The summed E-state index contributed by atoms with van der Waals surface area (Å²) in [5.74, 6) is 4.19. The van der Waals surface area contributed by atoms with Gasteiger partial charge < -0.3 is 24.5 Å². The first kappa shape index (κ1) is 23.5. The molecule has 1 atom stereocenters. The molecule has 0 aliphatic heterocycles. The zero-order valence-electron chi connectivity index (χ0n) is 17.2. The topological polar surface area (TPSA) is 110 Å². The van der Waals surface area contributed by atoms with Gasteiger partial charge in [-0.2, -0.15) is 5.10 Å². The summed E-state index contributed by atoms with van der Waals surface area (Å²) in [4.78, 5) is 8.65. The van der Waals surface area contributed by atoms with Gasteiger partial charge in [-0.25, -0.2) is 4.98 Å². The third-order valence-electron chi connectivity index (χ3n) is 4.09. The number of aromatic amines is 1. The first-order valence-electron chi connectivity index (χ1n) is 9.38. The number of ether oxygens (including phenoxy) is 2. The van der Waals surface area contributed by atoms with E-state index in [0.29, 0.717) is 37.1 Å². The van der Waals surface area contributed by atoms with Crippen LogP contribution in [0.25, 0.3) is 11.6 Å². The summed E-state index contributed by atoms with van der Waals surface area (Å²) in [6, 6.07) is 11.2. The Morgan fingerprint density at radius 1 is 1.23 bits per heavy atom. The number of aliphatic imine (C=N–C) groups is 1. The Morgan fingerprint density at radius 3 is 2.80 bits per heavy atom. The second-order valence-electron chi connectivity index (χ2n) is 6.32. The largest absolute Gasteiger partial charge is 0.497 e. The van der Waals surface area contributed by atoms with Crippen molar-refractivity contribution in [1.29, 1.82) is 0 Å². The molecule has 0 bridgehead atoms. The first-order valence-corrected chi connectivity index (χ1v) is 9.38. The number of nitrogens with zero attached hydrogens (tertiary/aromatic N) is 3. The fraction of sp³-hybridized carbons (Fsp3) is 0.350. The molecule has 10 heteroatoms. The number of halogens is 1. The molecule has 2 aromatic heterocycles. The zero-order valence-corrected chi connectivity index (χ0v) is 19.5. The van der Waals surface area contributed by atoms with Gasteiger partial charge in [-0.3, -0.25) is 10.1 Å². The van der Waals surface area contributed by atoms with Gasteiger partial charge in [0.25, 0.3) is 0 Å². The molecule has 2 heterocycles. The summed E-state index contributed by atoms with van der Waals surface area (Å²) >= 11 is 0. The van der Waals surface area contributed by atoms with Crippen LogP contribution in [0.4, 0.5) is 0 Å². The van der Waals surface area contributed by atoms with Crippen LogP contribution in [0.1, 0.15) is 12.7 Å². The number of hydrogen-bond acceptors (Lipinski definition) is 6. The number of rotatable bonds is 9. The van der Waals surface area contributed by atoms with Crippen molar-refractivity contribution in [3.8, 4) is 23.1 Å². The summed E-state index contributed by atoms with van der Waals surface area (Å²) in [6.45, 7) is 3.24. The van der Waals surface area contributed by atoms with E-state index in [0.717, 1.165) is 17.3 Å². The summed E-state index contributed by atoms with van der Waals surface area (Å²) < 4.78 is 16.4. The normalized spacial score (nSPS) is 12.0. The van der Waals surface area contributed by atoms with Gasteiger partial charge in [-0.1, -0.05) is 6.07 Å². The quantitative estimate of drug-likeness (QED) is 0.224. The Bertz CT molecular complexity index is 913. The first-order chi connectivity index (χ1) is 14.2. The van der Waals surface area contributed by atoms with Gasteiger partial charge in [0.15, 0.2) is 11.7 Å². The molecule has 0 saturated heterocycles. The fourth-order valence-electron chi connectivity index (χ4n) is 2.63. The van der Waals surface area contributed by atoms with Crippen LogP contribution < -0.4 is 20.1 Å². The number of furan rings is 1. The van der Waals surface area contributed by atoms with Crippen LogP contribution in [-0.4, -0.2) is 54.5 Å². The number of benzene rings is 1. The fourth-order valence-corrected chi connectivity index (χ4v) is 2.63. The number of hydrogen-bond donors (Lipinski definition) is 3. The molecular formula is C20H27IN6O3. The SMILES string of the molecule is CN=C(NCCc1nc(-c2ccco2)n[nH]1)NCC(C)Oc1cccc(OC)c1.I. The Hall–Kier alpha value is -2.76. The molecule has 9 nitrogen and oxygen atoms in total. The molecule has 0 aliphatic carbocycles. The van der Waals surface area contributed by atoms with Crippen LogP contribution in [0.5, 0.6) is 11.5 Å². The van der Waals surface area contributed by atoms with E-state index < -0.39 is 0 Å². The van der Waals surface area contributed by atoms with Crippen molar-refractivity contribution in [2.24, 2.45) is 4.99 Å². The lowest BCUT2D eigenvalue weighted by molar-refractivity contribution is 0.223. The Balaban J connectivity index is 0.00000320. The Labute approximate surface area is 192 Å². The molecule has 0 saturated carbocycles. The zero-order chi connectivity index (χ0) is 20.5. The second-order valence-corrected chi connectivity index (χ2v) is 6.32. The van der Waals surface area contributed by atoms with E-state index in [9.17, 15) is 0 Å². The van der Waals surface area contributed by atoms with Gasteiger partial charge in [-0.05, 0) is 31.2 Å². The minimum Gasteiger partial charge on any atom is -0.497 e. The number of H-pyrrole nitrogens is 1. The van der Waals surface area contributed by atoms with Gasteiger partial charge in [0.2, 0.25) is 5.82 Å². The summed E-state index contributed by atoms with van der Waals surface area (Å²) in [5, 5.41) is 13.6. The molecule has 30 heavy (non-hydrogen) atoms. The lowest BCUT2D eigenvalue weighted by atomic mass is 10.3. The van der Waals surface area contributed by atoms with Crippen LogP contribution in [0.3, 0.4) is 0 Å². The average Bonchev–Trinajstić information content (AvgIpc) is 3.42. The predicted octanol–water partition coefficient (Wildman–Crippen LogP) is 2.87. The molecule has 0 fully saturated rings. The summed E-state index contributed by atoms with van der Waals surface area (Å²) in [5.41, 5.74) is 0. The molecule has 0 aliphatic rings. The highest BCUT2D eigenvalue weighted by Gasteiger charge is 2.09. The molecule has 162 valence electrons. The number of aromatic nitrogens is 3. The van der Waals surface area contributed by atoms with Crippen molar-refractivity contribution in [3.63, 3.8) is 0 Å². The number of methoxy groups -OCH3 is 1. The van der Waals surface area contributed by atoms with Gasteiger partial charge in [0.1, 0.15) is 23.4 Å². The highest BCUT2D eigenvalue weighted by atomic mass is 127. The van der Waals surface area contributed by atoms with Gasteiger partial charge in [0, 0.05) is 26.1 Å². The lowest BCUT2D eigenvalue weighted by Crippen LogP contribution is -2.42. The van der Waals surface area contributed by atoms with Crippen molar-refractivity contribution in [2.75, 3.05) is 27.2 Å². The smallest absolute Gasteiger partial charge is 0.216 e. The van der Waals surface area contributed by atoms with E-state index in [-0.39, 0.29) is 30.1 Å². The minimum absolute atomic E-state index is 0. The molecular weight excluding hydrogens is 499 g/mol. The van der Waals surface area contributed by atoms with E-state index in [1.54, 1.807) is 20.4 Å². The van der Waals surface area contributed by atoms with Crippen LogP contribution >= 0.6 is 24.0 Å². The standard InChI is InChI=1S/C20H26N6O3.HI/c1-14(29-16-7-4-6-15(12-16)27-3)13-23-20(21-2)22-10-9-18-24-19(26-25-18)17-8-5-11-28-17;/h4-8,11-12,14H,9-10,13H2,1-3H3,(H2,21,22,23)(H,24,25,26);1H. The van der Waals surface area contributed by atoms with Crippen molar-refractivity contribution in [2.45, 2.75) is 19.4 Å². The van der Waals surface area contributed by atoms with E-state index in [2.05, 4.69) is 30.8 Å². The van der Waals surface area contributed by atoms with E-state index in [4.69, 9.17) is 13.9 Å². The molecule has 0 spiro atoms. The molecule has 1 unspecified atom stereocenters. The van der Waals surface area contributed by atoms with Crippen molar-refractivity contribution >= 4 is 29.9 Å². The number of nitrogens with one attached hydrogen (secondary N) is 3. The maximum absolute atomic E-state index is 5.91. The monoisotopic (exact) mass is 526 g/mol. The van der Waals surface area contributed by atoms with Crippen LogP contribution in [0, 0.1) is 0 Å². The third kappa shape index (κ3) is 6.94. The van der Waals surface area contributed by atoms with E-state index >= 15 is 0 Å². The van der Waals surface area contributed by atoms with Crippen molar-refractivity contribution in [1.82, 2.24) is 25.8 Å². The average molecular weight is 526 g/mol. The van der Waals surface area contributed by atoms with Gasteiger partial charge in [0.05, 0.1) is 19.9 Å². The highest BCUT2D eigenvalue weighted by Crippen LogP contribution is 2.19. The highest BCUT2D eigenvalue weighted by molar-refractivity contribution is 14.0. The van der Waals surface area contributed by atoms with Gasteiger partial charge in [-0.15, -0.1) is 24.0 Å². The molecule has 1 aromatic carbocycles. The lowest BCUT2D eigenvalue weighted by Gasteiger charge is -2.18.